The number of ether oxygens (including phenoxy) is 6. The minimum atomic E-state index is 0.469. The van der Waals surface area contributed by atoms with Gasteiger partial charge in [0.1, 0.15) is 60.7 Å². The number of benzene rings is 2. The van der Waals surface area contributed by atoms with Crippen LogP contribution in [0.1, 0.15) is 210 Å². The van der Waals surface area contributed by atoms with Crippen molar-refractivity contribution in [2.45, 2.75) is 142 Å². The van der Waals surface area contributed by atoms with Gasteiger partial charge in [0, 0.05) is 33.3 Å². The van der Waals surface area contributed by atoms with E-state index < -0.39 is 0 Å². The van der Waals surface area contributed by atoms with E-state index in [2.05, 4.69) is 152 Å². The average molecular weight is 1310 g/mol. The lowest BCUT2D eigenvalue weighted by Gasteiger charge is -2.09. The molecular weight excluding hydrogens is 1220 g/mol. The smallest absolute Gasteiger partial charge is 0.235 e. The quantitative estimate of drug-likeness (QED) is 0.0324. The van der Waals surface area contributed by atoms with Crippen LogP contribution in [-0.2, 0) is 18.9 Å². The Labute approximate surface area is 575 Å². The molecule has 16 heteroatoms. The number of nitrogens with one attached hydrogen (secondary N) is 2. The van der Waals surface area contributed by atoms with E-state index in [0.717, 1.165) is 92.9 Å². The van der Waals surface area contributed by atoms with Crippen LogP contribution >= 0.6 is 0 Å². The van der Waals surface area contributed by atoms with Gasteiger partial charge in [0.05, 0.1) is 84.3 Å². The first kappa shape index (κ1) is 66.5. The van der Waals surface area contributed by atoms with E-state index in [1.165, 1.54) is 103 Å². The van der Waals surface area contributed by atoms with E-state index in [9.17, 15) is 0 Å². The van der Waals surface area contributed by atoms with Crippen LogP contribution in [0.15, 0.2) is 117 Å². The van der Waals surface area contributed by atoms with Crippen molar-refractivity contribution in [1.82, 2.24) is 29.9 Å². The van der Waals surface area contributed by atoms with Gasteiger partial charge in [0.15, 0.2) is 0 Å². The monoisotopic (exact) mass is 1310 g/mol. The molecule has 0 fully saturated rings. The van der Waals surface area contributed by atoms with Crippen LogP contribution in [0.4, 0.5) is 0 Å². The van der Waals surface area contributed by atoms with Gasteiger partial charge in [-0.25, -0.2) is 39.9 Å². The van der Waals surface area contributed by atoms with Crippen LogP contribution in [0, 0.1) is 23.7 Å². The molecule has 0 atom stereocenters. The van der Waals surface area contributed by atoms with Crippen molar-refractivity contribution < 1.29 is 28.4 Å². The number of aromatic amines is 2. The lowest BCUT2D eigenvalue weighted by molar-refractivity contribution is 0.304. The Kier molecular flexibility index (Phi) is 22.9. The van der Waals surface area contributed by atoms with Gasteiger partial charge >= 0.3 is 0 Å². The Morgan fingerprint density at radius 3 is 0.990 bits per heavy atom. The maximum absolute atomic E-state index is 6.40. The third kappa shape index (κ3) is 17.2. The number of unbranched alkanes of at least 4 members (excludes halogenated alkanes) is 18. The second kappa shape index (κ2) is 33.7. The van der Waals surface area contributed by atoms with Gasteiger partial charge in [-0.05, 0) is 121 Å². The van der Waals surface area contributed by atoms with Crippen molar-refractivity contribution in [1.29, 1.82) is 0 Å². The Morgan fingerprint density at radius 1 is 0.347 bits per heavy atom. The Balaban J connectivity index is 0.924. The molecule has 502 valence electrons. The number of rotatable bonds is 30. The molecule has 0 spiro atoms. The summed E-state index contributed by atoms with van der Waals surface area (Å²) in [6.45, 7) is 10.0. The molecule has 7 aromatic rings. The first-order valence-electron chi connectivity index (χ1n) is 35.9. The molecule has 0 saturated carbocycles. The lowest BCUT2D eigenvalue weighted by atomic mass is 10.0. The second-order valence-corrected chi connectivity index (χ2v) is 25.5. The van der Waals surface area contributed by atoms with Gasteiger partial charge in [0.2, 0.25) is 23.6 Å². The molecule has 13 rings (SSSR count). The summed E-state index contributed by atoms with van der Waals surface area (Å²) in [5.41, 5.74) is 14.6. The van der Waals surface area contributed by atoms with Gasteiger partial charge in [0.25, 0.3) is 0 Å². The summed E-state index contributed by atoms with van der Waals surface area (Å²) in [7, 11) is 0. The van der Waals surface area contributed by atoms with E-state index in [-0.39, 0.29) is 0 Å². The minimum absolute atomic E-state index is 0.469. The molecular formula is C82H88N10O6. The molecule has 6 aliphatic rings. The van der Waals surface area contributed by atoms with E-state index in [1.54, 1.807) is 0 Å². The van der Waals surface area contributed by atoms with E-state index >= 15 is 0 Å². The zero-order valence-corrected chi connectivity index (χ0v) is 56.8. The summed E-state index contributed by atoms with van der Waals surface area (Å²) in [5.74, 6) is 17.8. The molecule has 0 unspecified atom stereocenters. The number of aromatic nitrogens is 6. The molecule has 8 bridgehead atoms. The highest BCUT2D eigenvalue weighted by molar-refractivity contribution is 6.00. The zero-order valence-electron chi connectivity index (χ0n) is 56.8. The predicted octanol–water partition coefficient (Wildman–Crippen LogP) is 17.3. The van der Waals surface area contributed by atoms with Crippen molar-refractivity contribution in [2.24, 2.45) is 20.0 Å². The molecule has 0 saturated heterocycles. The Morgan fingerprint density at radius 2 is 0.663 bits per heavy atom. The Bertz CT molecular complexity index is 4100. The van der Waals surface area contributed by atoms with E-state index in [0.29, 0.717) is 146 Å². The standard InChI is InChI=1S/C82H88N10O6/c1-3-5-7-9-11-13-15-17-19-21-47-93-61-29-25-59(26-30-61)77-69-39-35-65(87-69)63(33-23-57-53-73(79-83-43-49-95-79)91-74(54-57)80-84-44-50-96-80)67-37-41-71(89-67)78(60-27-31-62(32-28-60)94-48-22-20-18-16-14-12-10-8-6-4-2)72-42-38-68(90-72)64(66-36-40-70(77)88-66)34-24-58-55-75(81-85-45-51-97-81)92-76(56-58)82-86-46-52-98-82/h25-32,35-42,53-56,87,90H,3-22,43-52H2,1-2H3. The van der Waals surface area contributed by atoms with Crippen molar-refractivity contribution in [2.75, 3.05) is 65.8 Å². The predicted molar refractivity (Wildman–Crippen MR) is 394 cm³/mol. The molecule has 98 heavy (non-hydrogen) atoms. The second-order valence-electron chi connectivity index (χ2n) is 25.5. The normalized spacial score (nSPS) is 14.3. The lowest BCUT2D eigenvalue weighted by Crippen LogP contribution is -2.11. The molecule has 0 amide bonds. The summed E-state index contributed by atoms with van der Waals surface area (Å²) in [6, 6.07) is 32.7. The van der Waals surface area contributed by atoms with E-state index in [1.807, 2.05) is 36.4 Å². The number of pyridine rings is 2. The molecule has 0 aliphatic carbocycles. The summed E-state index contributed by atoms with van der Waals surface area (Å²) < 4.78 is 36.6. The number of fused-ring (bicyclic) bond motifs is 8. The number of hydrogen-bond donors (Lipinski definition) is 2. The zero-order chi connectivity index (χ0) is 66.5. The first-order valence-corrected chi connectivity index (χ1v) is 35.9. The number of hydrogen-bond acceptors (Lipinski definition) is 14. The molecule has 5 aromatic heterocycles. The van der Waals surface area contributed by atoms with Crippen LogP contribution < -0.4 is 9.47 Å². The summed E-state index contributed by atoms with van der Waals surface area (Å²) >= 11 is 0. The van der Waals surface area contributed by atoms with Gasteiger partial charge in [-0.1, -0.05) is 177 Å². The summed E-state index contributed by atoms with van der Waals surface area (Å²) in [6.07, 6.45) is 33.6. The summed E-state index contributed by atoms with van der Waals surface area (Å²) in [4.78, 5) is 47.0. The molecule has 6 aliphatic heterocycles. The maximum Gasteiger partial charge on any atom is 0.235 e. The van der Waals surface area contributed by atoms with E-state index in [4.69, 9.17) is 48.4 Å². The van der Waals surface area contributed by atoms with Crippen LogP contribution in [0.25, 0.3) is 68.6 Å². The van der Waals surface area contributed by atoms with Gasteiger partial charge < -0.3 is 38.4 Å². The van der Waals surface area contributed by atoms with Crippen LogP contribution in [0.2, 0.25) is 0 Å². The number of nitrogens with zero attached hydrogens (tertiary/aromatic N) is 8. The summed E-state index contributed by atoms with van der Waals surface area (Å²) in [5, 5.41) is 0. The van der Waals surface area contributed by atoms with Crippen molar-refractivity contribution >= 4 is 70.0 Å². The van der Waals surface area contributed by atoms with Gasteiger partial charge in [-0.3, -0.25) is 0 Å². The molecule has 0 radical (unpaired) electrons. The SMILES string of the molecule is CCCCCCCCCCCCOc1ccc(-c2c3nc(c(C#Cc4cc(C5=NCCO5)nc(C5=NCCO5)c4)c4ccc([nH]4)c(-c4ccc(OCCCCCCCCCCCC)cc4)c4nc(c(C#Cc5cc(C6=NCCO6)nc(C6=NCCO6)c5)c5ccc2[nH]5)C=C4)C=C3)cc1. The van der Waals surface area contributed by atoms with Crippen molar-refractivity contribution in [3.8, 4) is 57.4 Å². The number of H-pyrrole nitrogens is 2. The fourth-order valence-electron chi connectivity index (χ4n) is 12.9. The molecule has 2 N–H and O–H groups in total. The molecule has 16 nitrogen and oxygen atoms in total. The van der Waals surface area contributed by atoms with Gasteiger partial charge in [-0.15, -0.1) is 0 Å². The van der Waals surface area contributed by atoms with Crippen molar-refractivity contribution in [3.05, 3.63) is 165 Å². The Hall–Kier alpha value is -10.1. The van der Waals surface area contributed by atoms with Crippen LogP contribution in [0.5, 0.6) is 11.5 Å². The fraction of sp³-hybridized carbons (Fsp3) is 0.390. The highest BCUT2D eigenvalue weighted by Gasteiger charge is 2.23. The third-order valence-corrected chi connectivity index (χ3v) is 18.1. The van der Waals surface area contributed by atoms with Gasteiger partial charge in [-0.2, -0.15) is 0 Å². The highest BCUT2D eigenvalue weighted by atomic mass is 16.5. The fourth-order valence-corrected chi connectivity index (χ4v) is 12.9. The first-order chi connectivity index (χ1) is 48.5. The van der Waals surface area contributed by atoms with Crippen LogP contribution in [-0.4, -0.2) is 119 Å². The maximum atomic E-state index is 6.40. The molecule has 2 aromatic carbocycles. The molecule has 11 heterocycles. The largest absolute Gasteiger partial charge is 0.494 e. The topological polar surface area (TPSA) is 188 Å². The minimum Gasteiger partial charge on any atom is -0.494 e. The highest BCUT2D eigenvalue weighted by Crippen LogP contribution is 2.36. The van der Waals surface area contributed by atoms with Crippen LogP contribution in [0.3, 0.4) is 0 Å². The average Bonchev–Trinajstić information content (AvgIpc) is 1.59. The third-order valence-electron chi connectivity index (χ3n) is 18.1. The van der Waals surface area contributed by atoms with Crippen molar-refractivity contribution in [3.63, 3.8) is 0 Å². The number of aliphatic imine (C=N–C) groups is 4.